The summed E-state index contributed by atoms with van der Waals surface area (Å²) in [5, 5.41) is 0. The second kappa shape index (κ2) is 11.4. The van der Waals surface area contributed by atoms with Crippen molar-refractivity contribution in [1.29, 1.82) is 0 Å². The molecule has 222 valence electrons. The molecule has 3 aliphatic rings. The molecule has 0 aliphatic carbocycles. The molecule has 0 aromatic heterocycles. The van der Waals surface area contributed by atoms with E-state index in [4.69, 9.17) is 28.4 Å². The second-order valence-electron chi connectivity index (χ2n) is 10.8. The van der Waals surface area contributed by atoms with Crippen molar-refractivity contribution in [1.82, 2.24) is 0 Å². The van der Waals surface area contributed by atoms with Gasteiger partial charge in [-0.2, -0.15) is 0 Å². The molecule has 0 N–H and O–H groups in total. The highest BCUT2D eigenvalue weighted by molar-refractivity contribution is 6.15. The summed E-state index contributed by atoms with van der Waals surface area (Å²) in [4.78, 5) is 26.1. The number of benzene rings is 4. The highest BCUT2D eigenvalue weighted by Crippen LogP contribution is 2.50. The molecule has 0 bridgehead atoms. The first-order valence-corrected chi connectivity index (χ1v) is 14.5. The van der Waals surface area contributed by atoms with Crippen LogP contribution in [0.15, 0.2) is 78.6 Å². The predicted molar refractivity (Wildman–Crippen MR) is 162 cm³/mol. The molecule has 3 heterocycles. The largest absolute Gasteiger partial charge is 0.497 e. The molecule has 44 heavy (non-hydrogen) atoms. The summed E-state index contributed by atoms with van der Waals surface area (Å²) in [6.45, 7) is 1.16. The van der Waals surface area contributed by atoms with E-state index in [2.05, 4.69) is 12.1 Å². The SMILES string of the molecule is COc1ccc(/C=C2\Oc3c(ccc4c3C(c3ccc(OC)c(OCCc5ccc6c(c5)CCO6)c3)CC(=O)O4)C2=O)cc1. The molecule has 8 nitrogen and oxygen atoms in total. The van der Waals surface area contributed by atoms with Gasteiger partial charge >= 0.3 is 5.97 Å². The minimum Gasteiger partial charge on any atom is -0.497 e. The van der Waals surface area contributed by atoms with Crippen LogP contribution in [0.3, 0.4) is 0 Å². The maximum atomic E-state index is 13.4. The minimum atomic E-state index is -0.417. The maximum Gasteiger partial charge on any atom is 0.312 e. The molecule has 4 aromatic rings. The number of hydrogen-bond donors (Lipinski definition) is 0. The van der Waals surface area contributed by atoms with Gasteiger partial charge in [0.1, 0.15) is 23.0 Å². The predicted octanol–water partition coefficient (Wildman–Crippen LogP) is 6.32. The Bertz CT molecular complexity index is 1800. The van der Waals surface area contributed by atoms with Gasteiger partial charge in [-0.25, -0.2) is 0 Å². The third-order valence-electron chi connectivity index (χ3n) is 8.19. The van der Waals surface area contributed by atoms with Crippen molar-refractivity contribution in [2.24, 2.45) is 0 Å². The Labute approximate surface area is 254 Å². The topological polar surface area (TPSA) is 89.5 Å². The molecule has 0 radical (unpaired) electrons. The van der Waals surface area contributed by atoms with Crippen molar-refractivity contribution in [3.05, 3.63) is 112 Å². The Kier molecular flexibility index (Phi) is 7.18. The molecular formula is C36H30O8. The van der Waals surface area contributed by atoms with Gasteiger partial charge in [-0.1, -0.05) is 30.3 Å². The molecule has 0 saturated carbocycles. The fraction of sp³-hybridized carbons (Fsp3) is 0.222. The van der Waals surface area contributed by atoms with E-state index in [9.17, 15) is 9.59 Å². The number of rotatable bonds is 8. The highest BCUT2D eigenvalue weighted by atomic mass is 16.5. The van der Waals surface area contributed by atoms with Crippen molar-refractivity contribution in [2.75, 3.05) is 27.4 Å². The zero-order chi connectivity index (χ0) is 30.2. The first kappa shape index (κ1) is 27.6. The smallest absolute Gasteiger partial charge is 0.312 e. The molecule has 3 aliphatic heterocycles. The molecular weight excluding hydrogens is 560 g/mol. The number of ether oxygens (including phenoxy) is 6. The number of esters is 1. The van der Waals surface area contributed by atoms with E-state index in [1.165, 1.54) is 11.1 Å². The van der Waals surface area contributed by atoms with E-state index in [1.807, 2.05) is 48.5 Å². The maximum absolute atomic E-state index is 13.4. The van der Waals surface area contributed by atoms with Crippen LogP contribution in [-0.2, 0) is 17.6 Å². The zero-order valence-corrected chi connectivity index (χ0v) is 24.4. The lowest BCUT2D eigenvalue weighted by molar-refractivity contribution is -0.135. The van der Waals surface area contributed by atoms with Gasteiger partial charge in [0.05, 0.1) is 39.4 Å². The van der Waals surface area contributed by atoms with Crippen LogP contribution in [-0.4, -0.2) is 39.2 Å². The molecule has 0 amide bonds. The second-order valence-corrected chi connectivity index (χ2v) is 10.8. The van der Waals surface area contributed by atoms with Gasteiger partial charge in [-0.05, 0) is 70.8 Å². The number of hydrogen-bond acceptors (Lipinski definition) is 8. The van der Waals surface area contributed by atoms with E-state index in [1.54, 1.807) is 32.4 Å². The Morgan fingerprint density at radius 2 is 1.70 bits per heavy atom. The van der Waals surface area contributed by atoms with E-state index < -0.39 is 5.92 Å². The van der Waals surface area contributed by atoms with Crippen LogP contribution in [0, 0.1) is 0 Å². The van der Waals surface area contributed by atoms with Crippen molar-refractivity contribution in [2.45, 2.75) is 25.2 Å². The van der Waals surface area contributed by atoms with Gasteiger partial charge in [0, 0.05) is 24.3 Å². The van der Waals surface area contributed by atoms with Gasteiger partial charge in [0.25, 0.3) is 0 Å². The van der Waals surface area contributed by atoms with Gasteiger partial charge in [-0.3, -0.25) is 9.59 Å². The molecule has 0 spiro atoms. The summed E-state index contributed by atoms with van der Waals surface area (Å²) in [6, 6.07) is 22.5. The number of carbonyl (C=O) groups is 2. The van der Waals surface area contributed by atoms with Crippen LogP contribution in [0.1, 0.15) is 50.5 Å². The van der Waals surface area contributed by atoms with Gasteiger partial charge in [-0.15, -0.1) is 0 Å². The van der Waals surface area contributed by atoms with Crippen molar-refractivity contribution >= 4 is 17.8 Å². The van der Waals surface area contributed by atoms with Gasteiger partial charge in [0.2, 0.25) is 5.78 Å². The van der Waals surface area contributed by atoms with Gasteiger partial charge < -0.3 is 28.4 Å². The normalized spacial score (nSPS) is 17.2. The molecule has 0 saturated heterocycles. The van der Waals surface area contributed by atoms with E-state index in [-0.39, 0.29) is 23.9 Å². The fourth-order valence-corrected chi connectivity index (χ4v) is 5.94. The van der Waals surface area contributed by atoms with Crippen LogP contribution < -0.4 is 28.4 Å². The third-order valence-corrected chi connectivity index (χ3v) is 8.19. The number of ketones is 1. The van der Waals surface area contributed by atoms with E-state index in [0.717, 1.165) is 29.9 Å². The van der Waals surface area contributed by atoms with E-state index in [0.29, 0.717) is 52.9 Å². The first-order valence-electron chi connectivity index (χ1n) is 14.5. The van der Waals surface area contributed by atoms with Crippen molar-refractivity contribution in [3.8, 4) is 34.5 Å². The van der Waals surface area contributed by atoms with Crippen molar-refractivity contribution in [3.63, 3.8) is 0 Å². The number of Topliss-reactive ketones (excluding diaryl/α,β-unsaturated/α-hetero) is 1. The summed E-state index contributed by atoms with van der Waals surface area (Å²) >= 11 is 0. The van der Waals surface area contributed by atoms with Crippen LogP contribution in [0.2, 0.25) is 0 Å². The summed E-state index contributed by atoms with van der Waals surface area (Å²) in [6.07, 6.45) is 3.42. The molecule has 4 aromatic carbocycles. The lowest BCUT2D eigenvalue weighted by Gasteiger charge is -2.27. The summed E-state index contributed by atoms with van der Waals surface area (Å²) in [7, 11) is 3.20. The minimum absolute atomic E-state index is 0.0848. The quantitative estimate of drug-likeness (QED) is 0.134. The summed E-state index contributed by atoms with van der Waals surface area (Å²) < 4.78 is 34.5. The third kappa shape index (κ3) is 5.13. The zero-order valence-electron chi connectivity index (χ0n) is 24.4. The molecule has 7 rings (SSSR count). The van der Waals surface area contributed by atoms with Crippen LogP contribution >= 0.6 is 0 Å². The van der Waals surface area contributed by atoms with Crippen LogP contribution in [0.25, 0.3) is 6.08 Å². The average Bonchev–Trinajstić information content (AvgIpc) is 3.64. The summed E-state index contributed by atoms with van der Waals surface area (Å²) in [5.41, 5.74) is 5.10. The molecule has 8 heteroatoms. The standard InChI is InChI=1S/C36H30O8/c1-39-25-7-3-21(4-8-25)18-32-35(38)26-9-12-30-34(36(26)44-32)27(20-33(37)43-30)23-6-11-29(40-2)31(19-23)42-15-13-22-5-10-28-24(17-22)14-16-41-28/h3-12,17-19,27H,13-16,20H2,1-2H3/b32-18-. The van der Waals surface area contributed by atoms with Gasteiger partial charge in [0.15, 0.2) is 17.3 Å². The Balaban J connectivity index is 1.17. The molecule has 0 fully saturated rings. The lowest BCUT2D eigenvalue weighted by Crippen LogP contribution is -2.21. The molecule has 1 unspecified atom stereocenters. The number of fused-ring (bicyclic) bond motifs is 4. The number of methoxy groups -OCH3 is 2. The van der Waals surface area contributed by atoms with E-state index >= 15 is 0 Å². The first-order chi connectivity index (χ1) is 21.5. The Morgan fingerprint density at radius 3 is 2.52 bits per heavy atom. The van der Waals surface area contributed by atoms with Crippen LogP contribution in [0.4, 0.5) is 0 Å². The highest BCUT2D eigenvalue weighted by Gasteiger charge is 2.38. The fourth-order valence-electron chi connectivity index (χ4n) is 5.94. The monoisotopic (exact) mass is 590 g/mol. The lowest BCUT2D eigenvalue weighted by atomic mass is 9.84. The van der Waals surface area contributed by atoms with Crippen LogP contribution in [0.5, 0.6) is 34.5 Å². The Hall–Kier alpha value is -5.24. The number of carbonyl (C=O) groups excluding carboxylic acids is 2. The summed E-state index contributed by atoms with van der Waals surface area (Å²) in [5.74, 6) is 2.80. The average molecular weight is 591 g/mol. The molecule has 1 atom stereocenters. The van der Waals surface area contributed by atoms with Crippen molar-refractivity contribution < 1.29 is 38.0 Å². The Morgan fingerprint density at radius 1 is 0.864 bits per heavy atom. The number of allylic oxidation sites excluding steroid dienone is 1.